The molecule has 0 aromatic heterocycles. The predicted octanol–water partition coefficient (Wildman–Crippen LogP) is 3.42. The van der Waals surface area contributed by atoms with Crippen LogP contribution in [0.4, 0.5) is 0 Å². The number of likely N-dealkylation sites (tertiary alicyclic amines) is 1. The molecule has 1 saturated heterocycles. The van der Waals surface area contributed by atoms with Gasteiger partial charge in [0, 0.05) is 31.6 Å². The van der Waals surface area contributed by atoms with Gasteiger partial charge in [-0.25, -0.2) is 0 Å². The molecule has 0 aliphatic carbocycles. The highest BCUT2D eigenvalue weighted by Gasteiger charge is 2.19. The standard InChI is InChI=1S/C17H25ClN2O/c1-19-10-4-6-14(12-19)8-9-17(21)20(2)13-15-5-3-7-16(18)11-15/h3,5,7,11,14H,4,6,8-10,12-13H2,1-2H3/t14-/m0/s1. The molecule has 1 heterocycles. The van der Waals surface area contributed by atoms with Gasteiger partial charge in [0.05, 0.1) is 0 Å². The lowest BCUT2D eigenvalue weighted by atomic mass is 9.93. The van der Waals surface area contributed by atoms with Crippen molar-refractivity contribution in [2.45, 2.75) is 32.2 Å². The zero-order valence-electron chi connectivity index (χ0n) is 13.0. The fourth-order valence-electron chi connectivity index (χ4n) is 3.02. The molecular formula is C17H25ClN2O. The van der Waals surface area contributed by atoms with Gasteiger partial charge < -0.3 is 9.80 Å². The number of carbonyl (C=O) groups is 1. The van der Waals surface area contributed by atoms with E-state index in [-0.39, 0.29) is 5.91 Å². The van der Waals surface area contributed by atoms with Crippen molar-refractivity contribution in [3.05, 3.63) is 34.9 Å². The minimum Gasteiger partial charge on any atom is -0.341 e. The molecule has 4 heteroatoms. The number of rotatable bonds is 5. The lowest BCUT2D eigenvalue weighted by Gasteiger charge is -2.29. The fourth-order valence-corrected chi connectivity index (χ4v) is 3.24. The molecule has 1 amide bonds. The SMILES string of the molecule is CN1CCC[C@@H](CCC(=O)N(C)Cc2cccc(Cl)c2)C1. The van der Waals surface area contributed by atoms with Gasteiger partial charge in [-0.3, -0.25) is 4.79 Å². The van der Waals surface area contributed by atoms with Crippen molar-refractivity contribution < 1.29 is 4.79 Å². The molecule has 1 fully saturated rings. The summed E-state index contributed by atoms with van der Waals surface area (Å²) in [5.74, 6) is 0.899. The summed E-state index contributed by atoms with van der Waals surface area (Å²) in [4.78, 5) is 16.4. The van der Waals surface area contributed by atoms with E-state index in [4.69, 9.17) is 11.6 Å². The van der Waals surface area contributed by atoms with Crippen LogP contribution in [0.2, 0.25) is 5.02 Å². The molecule has 0 N–H and O–H groups in total. The number of hydrogen-bond donors (Lipinski definition) is 0. The summed E-state index contributed by atoms with van der Waals surface area (Å²) in [5, 5.41) is 0.721. The summed E-state index contributed by atoms with van der Waals surface area (Å²) in [6.45, 7) is 2.95. The summed E-state index contributed by atoms with van der Waals surface area (Å²) in [7, 11) is 4.04. The highest BCUT2D eigenvalue weighted by atomic mass is 35.5. The molecule has 0 unspecified atom stereocenters. The molecule has 0 spiro atoms. The Morgan fingerprint density at radius 3 is 3.00 bits per heavy atom. The molecule has 0 bridgehead atoms. The summed E-state index contributed by atoms with van der Waals surface area (Å²) in [6.07, 6.45) is 4.17. The molecule has 1 aromatic carbocycles. The number of nitrogens with zero attached hydrogens (tertiary/aromatic N) is 2. The van der Waals surface area contributed by atoms with Crippen LogP contribution < -0.4 is 0 Å². The van der Waals surface area contributed by atoms with E-state index in [1.54, 1.807) is 4.90 Å². The Bertz CT molecular complexity index is 478. The van der Waals surface area contributed by atoms with Crippen LogP contribution in [0.3, 0.4) is 0 Å². The quantitative estimate of drug-likeness (QED) is 0.832. The molecule has 2 rings (SSSR count). The maximum absolute atomic E-state index is 12.2. The Morgan fingerprint density at radius 2 is 2.29 bits per heavy atom. The molecule has 1 aliphatic heterocycles. The molecule has 3 nitrogen and oxygen atoms in total. The summed E-state index contributed by atoms with van der Waals surface area (Å²) in [5.41, 5.74) is 1.08. The van der Waals surface area contributed by atoms with Crippen molar-refractivity contribution in [3.8, 4) is 0 Å². The van der Waals surface area contributed by atoms with Gasteiger partial charge in [-0.1, -0.05) is 23.7 Å². The number of hydrogen-bond acceptors (Lipinski definition) is 2. The second kappa shape index (κ2) is 7.81. The average molecular weight is 309 g/mol. The van der Waals surface area contributed by atoms with Gasteiger partial charge >= 0.3 is 0 Å². The number of halogens is 1. The Morgan fingerprint density at radius 1 is 1.48 bits per heavy atom. The number of amides is 1. The van der Waals surface area contributed by atoms with Gasteiger partial charge in [0.1, 0.15) is 0 Å². The van der Waals surface area contributed by atoms with E-state index in [9.17, 15) is 4.79 Å². The minimum atomic E-state index is 0.225. The normalized spacial score (nSPS) is 19.5. The first kappa shape index (κ1) is 16.3. The van der Waals surface area contributed by atoms with E-state index < -0.39 is 0 Å². The maximum Gasteiger partial charge on any atom is 0.222 e. The van der Waals surface area contributed by atoms with Crippen molar-refractivity contribution in [1.82, 2.24) is 9.80 Å². The van der Waals surface area contributed by atoms with Crippen molar-refractivity contribution in [2.24, 2.45) is 5.92 Å². The van der Waals surface area contributed by atoms with E-state index in [1.165, 1.54) is 19.4 Å². The summed E-state index contributed by atoms with van der Waals surface area (Å²) >= 11 is 5.98. The number of piperidine rings is 1. The third kappa shape index (κ3) is 5.33. The van der Waals surface area contributed by atoms with Crippen molar-refractivity contribution >= 4 is 17.5 Å². The van der Waals surface area contributed by atoms with Gasteiger partial charge in [0.15, 0.2) is 0 Å². The highest BCUT2D eigenvalue weighted by Crippen LogP contribution is 2.20. The topological polar surface area (TPSA) is 23.6 Å². The Kier molecular flexibility index (Phi) is 6.07. The molecule has 0 saturated carbocycles. The second-order valence-corrected chi connectivity index (χ2v) is 6.63. The monoisotopic (exact) mass is 308 g/mol. The first-order chi connectivity index (χ1) is 10.0. The van der Waals surface area contributed by atoms with Crippen LogP contribution in [0.15, 0.2) is 24.3 Å². The highest BCUT2D eigenvalue weighted by molar-refractivity contribution is 6.30. The molecule has 21 heavy (non-hydrogen) atoms. The molecule has 1 aromatic rings. The fraction of sp³-hybridized carbons (Fsp3) is 0.588. The van der Waals surface area contributed by atoms with Gasteiger partial charge in [0.25, 0.3) is 0 Å². The maximum atomic E-state index is 12.2. The molecule has 1 aliphatic rings. The zero-order chi connectivity index (χ0) is 15.2. The lowest BCUT2D eigenvalue weighted by molar-refractivity contribution is -0.130. The van der Waals surface area contributed by atoms with E-state index in [0.29, 0.717) is 18.9 Å². The van der Waals surface area contributed by atoms with Crippen LogP contribution in [-0.2, 0) is 11.3 Å². The zero-order valence-corrected chi connectivity index (χ0v) is 13.8. The van der Waals surface area contributed by atoms with Crippen molar-refractivity contribution in [3.63, 3.8) is 0 Å². The minimum absolute atomic E-state index is 0.225. The predicted molar refractivity (Wildman–Crippen MR) is 87.4 cm³/mol. The first-order valence-corrected chi connectivity index (χ1v) is 8.09. The van der Waals surface area contributed by atoms with Crippen LogP contribution in [0.5, 0.6) is 0 Å². The molecule has 1 atom stereocenters. The Labute approximate surface area is 132 Å². The number of benzene rings is 1. The van der Waals surface area contributed by atoms with Gasteiger partial charge in [0.2, 0.25) is 5.91 Å². The van der Waals surface area contributed by atoms with Crippen LogP contribution in [0, 0.1) is 5.92 Å². The third-order valence-electron chi connectivity index (χ3n) is 4.22. The van der Waals surface area contributed by atoms with Crippen LogP contribution >= 0.6 is 11.6 Å². The van der Waals surface area contributed by atoms with Crippen molar-refractivity contribution in [2.75, 3.05) is 27.2 Å². The largest absolute Gasteiger partial charge is 0.341 e. The summed E-state index contributed by atoms with van der Waals surface area (Å²) in [6, 6.07) is 7.70. The smallest absolute Gasteiger partial charge is 0.222 e. The molecule has 116 valence electrons. The molecule has 0 radical (unpaired) electrons. The van der Waals surface area contributed by atoms with Crippen LogP contribution in [0.1, 0.15) is 31.2 Å². The van der Waals surface area contributed by atoms with Gasteiger partial charge in [-0.15, -0.1) is 0 Å². The molecular weight excluding hydrogens is 284 g/mol. The van der Waals surface area contributed by atoms with E-state index in [2.05, 4.69) is 11.9 Å². The second-order valence-electron chi connectivity index (χ2n) is 6.19. The van der Waals surface area contributed by atoms with Crippen LogP contribution in [0.25, 0.3) is 0 Å². The average Bonchev–Trinajstić information content (AvgIpc) is 2.45. The van der Waals surface area contributed by atoms with Gasteiger partial charge in [-0.2, -0.15) is 0 Å². The van der Waals surface area contributed by atoms with E-state index >= 15 is 0 Å². The van der Waals surface area contributed by atoms with Crippen LogP contribution in [-0.4, -0.2) is 42.9 Å². The van der Waals surface area contributed by atoms with E-state index in [0.717, 1.165) is 23.6 Å². The lowest BCUT2D eigenvalue weighted by Crippen LogP contribution is -2.33. The summed E-state index contributed by atoms with van der Waals surface area (Å²) < 4.78 is 0. The van der Waals surface area contributed by atoms with E-state index in [1.807, 2.05) is 31.3 Å². The van der Waals surface area contributed by atoms with Crippen molar-refractivity contribution in [1.29, 1.82) is 0 Å². The first-order valence-electron chi connectivity index (χ1n) is 7.71. The Balaban J connectivity index is 1.77. The number of carbonyl (C=O) groups excluding carboxylic acids is 1. The third-order valence-corrected chi connectivity index (χ3v) is 4.46. The Hall–Kier alpha value is -1.06. The van der Waals surface area contributed by atoms with Gasteiger partial charge in [-0.05, 0) is 56.5 Å².